The number of allylic oxidation sites excluding steroid dienone is 6. The van der Waals surface area contributed by atoms with Gasteiger partial charge in [0.1, 0.15) is 0 Å². The molecule has 0 fully saturated rings. The van der Waals surface area contributed by atoms with E-state index in [0.29, 0.717) is 0 Å². The Morgan fingerprint density at radius 3 is 2.56 bits per heavy atom. The Hall–Kier alpha value is -1.56. The summed E-state index contributed by atoms with van der Waals surface area (Å²) in [7, 11) is 0. The molecule has 16 heavy (non-hydrogen) atoms. The van der Waals surface area contributed by atoms with Crippen LogP contribution in [-0.2, 0) is 6.42 Å². The van der Waals surface area contributed by atoms with Gasteiger partial charge in [-0.1, -0.05) is 62.4 Å². The van der Waals surface area contributed by atoms with Crippen LogP contribution < -0.4 is 0 Å². The molecule has 0 radical (unpaired) electrons. The average Bonchev–Trinajstić information content (AvgIpc) is 2.54. The lowest BCUT2D eigenvalue weighted by Gasteiger charge is -1.99. The van der Waals surface area contributed by atoms with Crippen molar-refractivity contribution in [1.29, 1.82) is 0 Å². The summed E-state index contributed by atoms with van der Waals surface area (Å²) in [5.41, 5.74) is 5.79. The molecule has 1 aromatic rings. The second kappa shape index (κ2) is 4.98. The zero-order valence-electron chi connectivity index (χ0n) is 10.0. The van der Waals surface area contributed by atoms with E-state index in [0.717, 1.165) is 12.8 Å². The number of benzene rings is 1. The van der Waals surface area contributed by atoms with Crippen LogP contribution in [0, 0.1) is 0 Å². The summed E-state index contributed by atoms with van der Waals surface area (Å²) in [5, 5.41) is 0. The Bertz CT molecular complexity index is 459. The fourth-order valence-electron chi connectivity index (χ4n) is 2.23. The first-order valence-corrected chi connectivity index (χ1v) is 6.09. The van der Waals surface area contributed by atoms with Crippen molar-refractivity contribution in [3.63, 3.8) is 0 Å². The third-order valence-electron chi connectivity index (χ3n) is 2.91. The Morgan fingerprint density at radius 2 is 1.69 bits per heavy atom. The third-order valence-corrected chi connectivity index (χ3v) is 2.91. The molecule has 0 N–H and O–H groups in total. The van der Waals surface area contributed by atoms with Crippen LogP contribution in [0.1, 0.15) is 31.4 Å². The van der Waals surface area contributed by atoms with E-state index in [1.165, 1.54) is 22.3 Å². The zero-order valence-corrected chi connectivity index (χ0v) is 10.0. The molecule has 82 valence electrons. The molecule has 3 rings (SSSR count). The van der Waals surface area contributed by atoms with Crippen LogP contribution in [0.3, 0.4) is 0 Å². The molecule has 0 bridgehead atoms. The maximum absolute atomic E-state index is 2.27. The molecule has 0 heterocycles. The highest BCUT2D eigenvalue weighted by Gasteiger charge is 2.17. The van der Waals surface area contributed by atoms with Gasteiger partial charge >= 0.3 is 0 Å². The van der Waals surface area contributed by atoms with E-state index in [1.54, 1.807) is 0 Å². The topological polar surface area (TPSA) is 0 Å². The quantitative estimate of drug-likeness (QED) is 0.589. The van der Waals surface area contributed by atoms with Gasteiger partial charge in [-0.15, -0.1) is 0 Å². The highest BCUT2D eigenvalue weighted by atomic mass is 14.2. The molecular formula is C16H18. The number of rotatable bonds is 0. The Labute approximate surface area is 98.0 Å². The standard InChI is InChI=1S/C14H12.C2H6/c1-2-6-11-10-12-7-4-5-9-14(12)13(11)8-3-1;1-2/h2-9H,1,10H2;1-2H3. The molecule has 0 nitrogen and oxygen atoms in total. The molecule has 0 amide bonds. The number of fused-ring (bicyclic) bond motifs is 2. The largest absolute Gasteiger partial charge is 0.0804 e. The fraction of sp³-hybridized carbons (Fsp3) is 0.250. The van der Waals surface area contributed by atoms with E-state index < -0.39 is 0 Å². The van der Waals surface area contributed by atoms with Gasteiger partial charge in [-0.2, -0.15) is 0 Å². The van der Waals surface area contributed by atoms with Gasteiger partial charge in [0.15, 0.2) is 0 Å². The minimum atomic E-state index is 1.06. The van der Waals surface area contributed by atoms with Gasteiger partial charge in [-0.05, 0) is 35.1 Å². The number of hydrogen-bond donors (Lipinski definition) is 0. The normalized spacial score (nSPS) is 16.1. The maximum atomic E-state index is 2.27. The van der Waals surface area contributed by atoms with Gasteiger partial charge in [-0.25, -0.2) is 0 Å². The first kappa shape index (κ1) is 10.9. The van der Waals surface area contributed by atoms with Crippen molar-refractivity contribution in [1.82, 2.24) is 0 Å². The van der Waals surface area contributed by atoms with E-state index in [2.05, 4.69) is 48.6 Å². The van der Waals surface area contributed by atoms with Crippen molar-refractivity contribution in [2.24, 2.45) is 0 Å². The predicted molar refractivity (Wildman–Crippen MR) is 71.3 cm³/mol. The highest BCUT2D eigenvalue weighted by Crippen LogP contribution is 2.35. The summed E-state index contributed by atoms with van der Waals surface area (Å²) in [4.78, 5) is 0. The molecule has 0 aliphatic heterocycles. The molecule has 0 spiro atoms. The van der Waals surface area contributed by atoms with Gasteiger partial charge < -0.3 is 0 Å². The molecule has 1 aromatic carbocycles. The summed E-state index contributed by atoms with van der Waals surface area (Å²) in [6.07, 6.45) is 11.2. The molecule has 0 saturated carbocycles. The van der Waals surface area contributed by atoms with Crippen LogP contribution in [0.2, 0.25) is 0 Å². The van der Waals surface area contributed by atoms with E-state index in [9.17, 15) is 0 Å². The van der Waals surface area contributed by atoms with Crippen LogP contribution in [0.4, 0.5) is 0 Å². The van der Waals surface area contributed by atoms with Crippen LogP contribution in [0.15, 0.2) is 54.1 Å². The van der Waals surface area contributed by atoms with Crippen molar-refractivity contribution in [2.45, 2.75) is 26.7 Å². The van der Waals surface area contributed by atoms with Gasteiger partial charge in [-0.3, -0.25) is 0 Å². The molecule has 0 unspecified atom stereocenters. The lowest BCUT2D eigenvalue weighted by Crippen LogP contribution is -1.81. The zero-order chi connectivity index (χ0) is 11.4. The number of hydrogen-bond acceptors (Lipinski definition) is 0. The summed E-state index contributed by atoms with van der Waals surface area (Å²) >= 11 is 0. The van der Waals surface area contributed by atoms with Crippen LogP contribution >= 0.6 is 0 Å². The summed E-state index contributed by atoms with van der Waals surface area (Å²) in [6, 6.07) is 8.70. The minimum absolute atomic E-state index is 1.06. The Kier molecular flexibility index (Phi) is 3.40. The fourth-order valence-corrected chi connectivity index (χ4v) is 2.23. The monoisotopic (exact) mass is 210 g/mol. The molecule has 0 atom stereocenters. The van der Waals surface area contributed by atoms with E-state index in [-0.39, 0.29) is 0 Å². The molecule has 2 aliphatic carbocycles. The van der Waals surface area contributed by atoms with E-state index in [1.807, 2.05) is 13.8 Å². The van der Waals surface area contributed by atoms with Crippen LogP contribution in [0.25, 0.3) is 5.57 Å². The second-order valence-corrected chi connectivity index (χ2v) is 3.81. The molecular weight excluding hydrogens is 192 g/mol. The van der Waals surface area contributed by atoms with E-state index >= 15 is 0 Å². The van der Waals surface area contributed by atoms with Crippen molar-refractivity contribution >= 4 is 5.57 Å². The molecule has 0 heteroatoms. The lowest BCUT2D eigenvalue weighted by molar-refractivity contribution is 1.24. The Morgan fingerprint density at radius 1 is 0.938 bits per heavy atom. The van der Waals surface area contributed by atoms with E-state index in [4.69, 9.17) is 0 Å². The van der Waals surface area contributed by atoms with Gasteiger partial charge in [0.05, 0.1) is 0 Å². The van der Waals surface area contributed by atoms with Gasteiger partial charge in [0.25, 0.3) is 0 Å². The van der Waals surface area contributed by atoms with Crippen molar-refractivity contribution < 1.29 is 0 Å². The lowest BCUT2D eigenvalue weighted by atomic mass is 10.1. The predicted octanol–water partition coefficient (Wildman–Crippen LogP) is 4.54. The van der Waals surface area contributed by atoms with Crippen molar-refractivity contribution in [3.8, 4) is 0 Å². The van der Waals surface area contributed by atoms with Crippen LogP contribution in [0.5, 0.6) is 0 Å². The summed E-state index contributed by atoms with van der Waals surface area (Å²) < 4.78 is 0. The SMILES string of the molecule is C1=CC2=C(C=CC1)c1ccccc1C2.CC. The first-order valence-electron chi connectivity index (χ1n) is 6.09. The third kappa shape index (κ3) is 1.88. The smallest absolute Gasteiger partial charge is 0.00136 e. The Balaban J connectivity index is 0.000000457. The van der Waals surface area contributed by atoms with Crippen molar-refractivity contribution in [3.05, 3.63) is 65.3 Å². The summed E-state index contributed by atoms with van der Waals surface area (Å²) in [6.45, 7) is 4.00. The molecule has 2 aliphatic rings. The molecule has 0 saturated heterocycles. The van der Waals surface area contributed by atoms with Crippen molar-refractivity contribution in [2.75, 3.05) is 0 Å². The highest BCUT2D eigenvalue weighted by molar-refractivity contribution is 5.84. The van der Waals surface area contributed by atoms with Crippen LogP contribution in [-0.4, -0.2) is 0 Å². The van der Waals surface area contributed by atoms with Gasteiger partial charge in [0.2, 0.25) is 0 Å². The molecule has 0 aromatic heterocycles. The average molecular weight is 210 g/mol. The first-order chi connectivity index (χ1) is 7.95. The summed E-state index contributed by atoms with van der Waals surface area (Å²) in [5.74, 6) is 0. The second-order valence-electron chi connectivity index (χ2n) is 3.81. The minimum Gasteiger partial charge on any atom is -0.0804 e. The maximum Gasteiger partial charge on any atom is -0.00136 e. The van der Waals surface area contributed by atoms with Gasteiger partial charge in [0, 0.05) is 0 Å².